The van der Waals surface area contributed by atoms with Gasteiger partial charge >= 0.3 is 12.1 Å². The average molecular weight is 498 g/mol. The first-order chi connectivity index (χ1) is 16.0. The third-order valence-electron chi connectivity index (χ3n) is 4.53. The molecular weight excluding hydrogens is 462 g/mol. The van der Waals surface area contributed by atoms with Crippen LogP contribution in [0.2, 0.25) is 0 Å². The molecule has 1 rings (SSSR count). The molecule has 3 N–H and O–H groups in total. The summed E-state index contributed by atoms with van der Waals surface area (Å²) in [7, 11) is 1.20. The monoisotopic (exact) mass is 497 g/mol. The highest BCUT2D eigenvalue weighted by Crippen LogP contribution is 2.23. The van der Waals surface area contributed by atoms with E-state index in [1.807, 2.05) is 6.26 Å². The number of aliphatic hydroxyl groups is 1. The van der Waals surface area contributed by atoms with Crippen molar-refractivity contribution in [1.82, 2.24) is 15.5 Å². The number of hydrogen-bond donors (Lipinski definition) is 3. The number of thioether (sulfide) groups is 1. The zero-order valence-electron chi connectivity index (χ0n) is 20.3. The van der Waals surface area contributed by atoms with Gasteiger partial charge in [-0.25, -0.2) is 4.79 Å². The topological polar surface area (TPSA) is 134 Å². The first kappa shape index (κ1) is 29.2. The summed E-state index contributed by atoms with van der Waals surface area (Å²) in [5.74, 6) is -1.27. The van der Waals surface area contributed by atoms with E-state index in [-0.39, 0.29) is 19.5 Å². The van der Waals surface area contributed by atoms with Crippen molar-refractivity contribution < 1.29 is 33.8 Å². The molecule has 2 unspecified atom stereocenters. The number of alkyl carbamates (subject to hydrolysis) is 1. The fourth-order valence-corrected chi connectivity index (χ4v) is 3.53. The molecule has 1 aromatic rings. The van der Waals surface area contributed by atoms with Crippen molar-refractivity contribution in [2.75, 3.05) is 38.8 Å². The summed E-state index contributed by atoms with van der Waals surface area (Å²) in [5, 5.41) is 14.8. The number of nitrogens with zero attached hydrogens (tertiary/aromatic N) is 1. The Kier molecular flexibility index (Phi) is 12.4. The van der Waals surface area contributed by atoms with Gasteiger partial charge in [-0.3, -0.25) is 14.4 Å². The van der Waals surface area contributed by atoms with Crippen molar-refractivity contribution in [2.45, 2.75) is 44.9 Å². The van der Waals surface area contributed by atoms with E-state index < -0.39 is 48.2 Å². The van der Waals surface area contributed by atoms with Crippen molar-refractivity contribution in [2.24, 2.45) is 0 Å². The number of hydrogen-bond acceptors (Lipinski definition) is 8. The number of rotatable bonds is 12. The van der Waals surface area contributed by atoms with Crippen molar-refractivity contribution >= 4 is 35.6 Å². The number of methoxy groups -OCH3 is 1. The number of esters is 1. The molecule has 0 bridgehead atoms. The van der Waals surface area contributed by atoms with Gasteiger partial charge in [0.2, 0.25) is 11.8 Å². The summed E-state index contributed by atoms with van der Waals surface area (Å²) >= 11 is 1.49. The van der Waals surface area contributed by atoms with E-state index in [0.29, 0.717) is 11.3 Å². The molecule has 0 radical (unpaired) electrons. The summed E-state index contributed by atoms with van der Waals surface area (Å²) in [6.07, 6.45) is 1.39. The maximum absolute atomic E-state index is 13.6. The highest BCUT2D eigenvalue weighted by Gasteiger charge is 2.36. The second-order valence-corrected chi connectivity index (χ2v) is 9.33. The lowest BCUT2D eigenvalue weighted by molar-refractivity contribution is -0.145. The van der Waals surface area contributed by atoms with E-state index in [2.05, 4.69) is 15.4 Å². The van der Waals surface area contributed by atoms with Crippen LogP contribution in [0.4, 0.5) is 4.79 Å². The van der Waals surface area contributed by atoms with Crippen LogP contribution in [0, 0.1) is 0 Å². The van der Waals surface area contributed by atoms with Crippen molar-refractivity contribution in [3.63, 3.8) is 0 Å². The molecule has 0 heterocycles. The average Bonchev–Trinajstić information content (AvgIpc) is 2.78. The van der Waals surface area contributed by atoms with Crippen LogP contribution in [0.5, 0.6) is 0 Å². The van der Waals surface area contributed by atoms with Gasteiger partial charge in [0.25, 0.3) is 0 Å². The van der Waals surface area contributed by atoms with E-state index >= 15 is 0 Å². The molecule has 1 aromatic carbocycles. The SMILES string of the molecule is COC(=O)CNC(=O)C(c1ccccc1)N(CCO)C(=O)C(CCSC)NC(=O)OC(C)(C)C. The summed E-state index contributed by atoms with van der Waals surface area (Å²) in [5.41, 5.74) is -0.282. The van der Waals surface area contributed by atoms with Crippen molar-refractivity contribution in [3.8, 4) is 0 Å². The largest absolute Gasteiger partial charge is 0.468 e. The summed E-state index contributed by atoms with van der Waals surface area (Å²) in [4.78, 5) is 51.9. The van der Waals surface area contributed by atoms with Crippen LogP contribution in [-0.4, -0.2) is 84.3 Å². The molecule has 0 aromatic heterocycles. The number of aliphatic hydroxyl groups excluding tert-OH is 1. The number of carbonyl (C=O) groups excluding carboxylic acids is 4. The van der Waals surface area contributed by atoms with E-state index in [1.165, 1.54) is 23.8 Å². The fourth-order valence-electron chi connectivity index (χ4n) is 3.05. The Morgan fingerprint density at radius 3 is 2.32 bits per heavy atom. The lowest BCUT2D eigenvalue weighted by Gasteiger charge is -2.34. The number of benzene rings is 1. The Bertz CT molecular complexity index is 815. The van der Waals surface area contributed by atoms with Crippen LogP contribution in [0.1, 0.15) is 38.8 Å². The summed E-state index contributed by atoms with van der Waals surface area (Å²) < 4.78 is 9.87. The third kappa shape index (κ3) is 10.0. The molecule has 0 saturated carbocycles. The minimum Gasteiger partial charge on any atom is -0.468 e. The lowest BCUT2D eigenvalue weighted by atomic mass is 10.0. The third-order valence-corrected chi connectivity index (χ3v) is 5.18. The zero-order chi connectivity index (χ0) is 25.7. The van der Waals surface area contributed by atoms with Crippen LogP contribution < -0.4 is 10.6 Å². The standard InChI is InChI=1S/C23H35N3O7S/c1-23(2,3)33-22(31)25-17(11-14-34-5)21(30)26(12-13-27)19(16-9-7-6-8-10-16)20(29)24-15-18(28)32-4/h6-10,17,19,27H,11-15H2,1-5H3,(H,24,29)(H,25,31). The lowest BCUT2D eigenvalue weighted by Crippen LogP contribution is -2.54. The van der Waals surface area contributed by atoms with Gasteiger partial charge in [0.05, 0.1) is 13.7 Å². The molecule has 0 aliphatic heterocycles. The van der Waals surface area contributed by atoms with E-state index in [4.69, 9.17) is 4.74 Å². The molecule has 0 aliphatic rings. The van der Waals surface area contributed by atoms with Crippen LogP contribution in [-0.2, 0) is 23.9 Å². The molecule has 2 atom stereocenters. The predicted octanol–water partition coefficient (Wildman–Crippen LogP) is 1.48. The second-order valence-electron chi connectivity index (χ2n) is 8.34. The van der Waals surface area contributed by atoms with E-state index in [9.17, 15) is 24.3 Å². The summed E-state index contributed by atoms with van der Waals surface area (Å²) in [6.45, 7) is 4.16. The van der Waals surface area contributed by atoms with Gasteiger partial charge in [-0.15, -0.1) is 0 Å². The maximum Gasteiger partial charge on any atom is 0.408 e. The zero-order valence-corrected chi connectivity index (χ0v) is 21.1. The molecule has 0 saturated heterocycles. The van der Waals surface area contributed by atoms with Crippen LogP contribution in [0.15, 0.2) is 30.3 Å². The van der Waals surface area contributed by atoms with Gasteiger partial charge in [0.15, 0.2) is 0 Å². The minimum atomic E-state index is -1.15. The fraction of sp³-hybridized carbons (Fsp3) is 0.565. The number of ether oxygens (including phenoxy) is 2. The molecule has 0 fully saturated rings. The molecule has 0 aliphatic carbocycles. The Morgan fingerprint density at radius 1 is 1.15 bits per heavy atom. The molecule has 190 valence electrons. The van der Waals surface area contributed by atoms with E-state index in [0.717, 1.165) is 0 Å². The van der Waals surface area contributed by atoms with Crippen molar-refractivity contribution in [1.29, 1.82) is 0 Å². The highest BCUT2D eigenvalue weighted by atomic mass is 32.2. The molecule has 34 heavy (non-hydrogen) atoms. The molecule has 11 heteroatoms. The Morgan fingerprint density at radius 2 is 1.79 bits per heavy atom. The van der Waals surface area contributed by atoms with Gasteiger partial charge < -0.3 is 30.1 Å². The maximum atomic E-state index is 13.6. The number of carbonyl (C=O) groups is 4. The molecule has 3 amide bonds. The Labute approximate surface area is 204 Å². The first-order valence-electron chi connectivity index (χ1n) is 10.8. The first-order valence-corrected chi connectivity index (χ1v) is 12.2. The minimum absolute atomic E-state index is 0.171. The highest BCUT2D eigenvalue weighted by molar-refractivity contribution is 7.98. The summed E-state index contributed by atoms with van der Waals surface area (Å²) in [6, 6.07) is 6.37. The van der Waals surface area contributed by atoms with Gasteiger partial charge in [-0.1, -0.05) is 30.3 Å². The second kappa shape index (κ2) is 14.5. The Balaban J connectivity index is 3.30. The van der Waals surface area contributed by atoms with Crippen LogP contribution in [0.3, 0.4) is 0 Å². The van der Waals surface area contributed by atoms with Gasteiger partial charge in [-0.2, -0.15) is 11.8 Å². The normalized spacial score (nSPS) is 12.8. The van der Waals surface area contributed by atoms with Gasteiger partial charge in [-0.05, 0) is 44.8 Å². The number of amides is 3. The van der Waals surface area contributed by atoms with Gasteiger partial charge in [0, 0.05) is 6.54 Å². The Hall–Kier alpha value is -2.79. The van der Waals surface area contributed by atoms with Gasteiger partial charge in [0.1, 0.15) is 24.2 Å². The van der Waals surface area contributed by atoms with Crippen LogP contribution >= 0.6 is 11.8 Å². The predicted molar refractivity (Wildman–Crippen MR) is 129 cm³/mol. The van der Waals surface area contributed by atoms with E-state index in [1.54, 1.807) is 51.1 Å². The molecule has 10 nitrogen and oxygen atoms in total. The molecular formula is C23H35N3O7S. The smallest absolute Gasteiger partial charge is 0.408 e. The molecule has 0 spiro atoms. The van der Waals surface area contributed by atoms with Crippen molar-refractivity contribution in [3.05, 3.63) is 35.9 Å². The quantitative estimate of drug-likeness (QED) is 0.370. The number of nitrogens with one attached hydrogen (secondary N) is 2. The van der Waals surface area contributed by atoms with Crippen LogP contribution in [0.25, 0.3) is 0 Å².